The maximum atomic E-state index is 11.8. The van der Waals surface area contributed by atoms with Crippen molar-refractivity contribution < 1.29 is 4.79 Å². The number of benzene rings is 2. The second-order valence-corrected chi connectivity index (χ2v) is 7.65. The van der Waals surface area contributed by atoms with Crippen molar-refractivity contribution in [2.45, 2.75) is 17.1 Å². The van der Waals surface area contributed by atoms with Gasteiger partial charge >= 0.3 is 0 Å². The van der Waals surface area contributed by atoms with Crippen molar-refractivity contribution in [1.82, 2.24) is 5.32 Å². The number of nitrogens with one attached hydrogen (secondary N) is 1. The number of carbonyl (C=O) groups excluding carboxylic acids is 1. The second kappa shape index (κ2) is 10.6. The number of amides is 1. The number of hydrogen-bond donors (Lipinski definition) is 1. The standard InChI is InChI=1S/C18H20ClNOS2/c19-16-6-4-5-15(13-16)14-22-12-10-20-18(21)9-11-23-17-7-2-1-3-8-17/h1-8,13H,9-12,14H2,(H,20,21). The van der Waals surface area contributed by atoms with E-state index in [0.29, 0.717) is 13.0 Å². The minimum absolute atomic E-state index is 0.122. The number of halogens is 1. The van der Waals surface area contributed by atoms with Crippen LogP contribution < -0.4 is 5.32 Å². The molecule has 2 nitrogen and oxygen atoms in total. The third-order valence-corrected chi connectivity index (χ3v) is 5.35. The fraction of sp³-hybridized carbons (Fsp3) is 0.278. The van der Waals surface area contributed by atoms with Crippen LogP contribution in [0.15, 0.2) is 59.5 Å². The molecule has 1 N–H and O–H groups in total. The van der Waals surface area contributed by atoms with Gasteiger partial charge in [0, 0.05) is 40.1 Å². The van der Waals surface area contributed by atoms with Gasteiger partial charge < -0.3 is 5.32 Å². The van der Waals surface area contributed by atoms with Gasteiger partial charge in [0.2, 0.25) is 5.91 Å². The van der Waals surface area contributed by atoms with Crippen molar-refractivity contribution in [3.63, 3.8) is 0 Å². The Morgan fingerprint density at radius 1 is 1.04 bits per heavy atom. The Hall–Kier alpha value is -1.10. The molecule has 0 aliphatic heterocycles. The highest BCUT2D eigenvalue weighted by atomic mass is 35.5. The first-order valence-corrected chi connectivity index (χ1v) is 10.0. The minimum atomic E-state index is 0.122. The zero-order chi connectivity index (χ0) is 16.3. The highest BCUT2D eigenvalue weighted by Gasteiger charge is 2.02. The van der Waals surface area contributed by atoms with E-state index in [1.54, 1.807) is 23.5 Å². The van der Waals surface area contributed by atoms with Crippen LogP contribution in [0.1, 0.15) is 12.0 Å². The Balaban J connectivity index is 1.51. The normalized spacial score (nSPS) is 10.5. The molecule has 0 atom stereocenters. The van der Waals surface area contributed by atoms with E-state index in [-0.39, 0.29) is 5.91 Å². The average Bonchev–Trinajstić information content (AvgIpc) is 2.55. The number of rotatable bonds is 9. The summed E-state index contributed by atoms with van der Waals surface area (Å²) in [6.45, 7) is 0.708. The molecule has 0 aliphatic rings. The third kappa shape index (κ3) is 7.82. The lowest BCUT2D eigenvalue weighted by Gasteiger charge is -2.06. The molecule has 2 rings (SSSR count). The highest BCUT2D eigenvalue weighted by molar-refractivity contribution is 7.99. The molecule has 2 aromatic rings. The molecule has 0 saturated carbocycles. The number of carbonyl (C=O) groups is 1. The van der Waals surface area contributed by atoms with Crippen LogP contribution in [0.4, 0.5) is 0 Å². The lowest BCUT2D eigenvalue weighted by atomic mass is 10.2. The molecular weight excluding hydrogens is 346 g/mol. The number of hydrogen-bond acceptors (Lipinski definition) is 3. The van der Waals surface area contributed by atoms with Crippen molar-refractivity contribution >= 4 is 41.0 Å². The minimum Gasteiger partial charge on any atom is -0.355 e. The monoisotopic (exact) mass is 365 g/mol. The molecule has 0 spiro atoms. The maximum absolute atomic E-state index is 11.8. The fourth-order valence-corrected chi connectivity index (χ4v) is 3.84. The Morgan fingerprint density at radius 2 is 1.87 bits per heavy atom. The molecule has 1 amide bonds. The maximum Gasteiger partial charge on any atom is 0.220 e. The van der Waals surface area contributed by atoms with Crippen LogP contribution in [0.25, 0.3) is 0 Å². The van der Waals surface area contributed by atoms with Crippen LogP contribution in [0.2, 0.25) is 5.02 Å². The van der Waals surface area contributed by atoms with Gasteiger partial charge in [-0.3, -0.25) is 4.79 Å². The summed E-state index contributed by atoms with van der Waals surface area (Å²) >= 11 is 9.46. The van der Waals surface area contributed by atoms with Crippen LogP contribution in [-0.2, 0) is 10.5 Å². The van der Waals surface area contributed by atoms with E-state index in [1.165, 1.54) is 10.5 Å². The van der Waals surface area contributed by atoms with Gasteiger partial charge in [0.15, 0.2) is 0 Å². The molecule has 0 aliphatic carbocycles. The topological polar surface area (TPSA) is 29.1 Å². The van der Waals surface area contributed by atoms with E-state index in [0.717, 1.165) is 22.3 Å². The van der Waals surface area contributed by atoms with Gasteiger partial charge in [0.05, 0.1) is 0 Å². The van der Waals surface area contributed by atoms with E-state index < -0.39 is 0 Å². The van der Waals surface area contributed by atoms with Crippen molar-refractivity contribution in [2.75, 3.05) is 18.1 Å². The third-order valence-electron chi connectivity index (χ3n) is 3.07. The molecule has 0 fully saturated rings. The summed E-state index contributed by atoms with van der Waals surface area (Å²) in [4.78, 5) is 13.0. The zero-order valence-electron chi connectivity index (χ0n) is 12.8. The lowest BCUT2D eigenvalue weighted by molar-refractivity contribution is -0.120. The van der Waals surface area contributed by atoms with Crippen LogP contribution in [-0.4, -0.2) is 24.0 Å². The van der Waals surface area contributed by atoms with Gasteiger partial charge in [-0.05, 0) is 29.8 Å². The SMILES string of the molecule is O=C(CCSc1ccccc1)NCCSCc1cccc(Cl)c1. The van der Waals surface area contributed by atoms with E-state index in [1.807, 2.05) is 36.4 Å². The van der Waals surface area contributed by atoms with Crippen molar-refractivity contribution in [3.8, 4) is 0 Å². The summed E-state index contributed by atoms with van der Waals surface area (Å²) in [5.41, 5.74) is 1.22. The first-order valence-electron chi connectivity index (χ1n) is 7.51. The van der Waals surface area contributed by atoms with Gasteiger partial charge in [-0.15, -0.1) is 11.8 Å². The van der Waals surface area contributed by atoms with Crippen molar-refractivity contribution in [3.05, 3.63) is 65.2 Å². The first-order chi connectivity index (χ1) is 11.2. The van der Waals surface area contributed by atoms with E-state index >= 15 is 0 Å². The Kier molecular flexibility index (Phi) is 8.43. The molecule has 0 radical (unpaired) electrons. The van der Waals surface area contributed by atoms with E-state index in [2.05, 4.69) is 23.5 Å². The molecule has 2 aromatic carbocycles. The summed E-state index contributed by atoms with van der Waals surface area (Å²) in [5, 5.41) is 3.74. The summed E-state index contributed by atoms with van der Waals surface area (Å²) in [6.07, 6.45) is 0.554. The second-order valence-electron chi connectivity index (χ2n) is 4.94. The quantitative estimate of drug-likeness (QED) is 0.507. The molecule has 23 heavy (non-hydrogen) atoms. The van der Waals surface area contributed by atoms with Crippen molar-refractivity contribution in [2.24, 2.45) is 0 Å². The van der Waals surface area contributed by atoms with Gasteiger partial charge in [-0.25, -0.2) is 0 Å². The zero-order valence-corrected chi connectivity index (χ0v) is 15.2. The van der Waals surface area contributed by atoms with E-state index in [9.17, 15) is 4.79 Å². The summed E-state index contributed by atoms with van der Waals surface area (Å²) in [6, 6.07) is 18.0. The average molecular weight is 366 g/mol. The Bertz CT molecular complexity index is 607. The predicted molar refractivity (Wildman–Crippen MR) is 102 cm³/mol. The van der Waals surface area contributed by atoms with Crippen LogP contribution in [0.3, 0.4) is 0 Å². The summed E-state index contributed by atoms with van der Waals surface area (Å²) < 4.78 is 0. The molecule has 0 unspecified atom stereocenters. The van der Waals surface area contributed by atoms with Gasteiger partial charge in [-0.2, -0.15) is 11.8 Å². The Labute approximate surface area is 151 Å². The predicted octanol–water partition coefficient (Wildman–Crippen LogP) is 4.87. The molecule has 0 bridgehead atoms. The summed E-state index contributed by atoms with van der Waals surface area (Å²) in [5.74, 6) is 2.76. The van der Waals surface area contributed by atoms with Gasteiger partial charge in [-0.1, -0.05) is 41.9 Å². The highest BCUT2D eigenvalue weighted by Crippen LogP contribution is 2.18. The fourth-order valence-electron chi connectivity index (χ4n) is 1.95. The molecular formula is C18H20ClNOS2. The smallest absolute Gasteiger partial charge is 0.220 e. The van der Waals surface area contributed by atoms with Gasteiger partial charge in [0.25, 0.3) is 0 Å². The molecule has 0 saturated heterocycles. The summed E-state index contributed by atoms with van der Waals surface area (Å²) in [7, 11) is 0. The van der Waals surface area contributed by atoms with Gasteiger partial charge in [0.1, 0.15) is 0 Å². The lowest BCUT2D eigenvalue weighted by Crippen LogP contribution is -2.25. The Morgan fingerprint density at radius 3 is 2.65 bits per heavy atom. The molecule has 0 heterocycles. The molecule has 5 heteroatoms. The largest absolute Gasteiger partial charge is 0.355 e. The molecule has 122 valence electrons. The number of thioether (sulfide) groups is 2. The van der Waals surface area contributed by atoms with Crippen LogP contribution in [0.5, 0.6) is 0 Å². The van der Waals surface area contributed by atoms with Crippen molar-refractivity contribution in [1.29, 1.82) is 0 Å². The van der Waals surface area contributed by atoms with Crippen LogP contribution in [0, 0.1) is 0 Å². The van der Waals surface area contributed by atoms with E-state index in [4.69, 9.17) is 11.6 Å². The van der Waals surface area contributed by atoms with Crippen LogP contribution >= 0.6 is 35.1 Å². The molecule has 0 aromatic heterocycles. The first kappa shape index (κ1) is 18.2.